The average Bonchev–Trinajstić information content (AvgIpc) is 2.96. The third-order valence-electron chi connectivity index (χ3n) is 3.63. The van der Waals surface area contributed by atoms with E-state index < -0.39 is 5.60 Å². The molecule has 2 N–H and O–H groups in total. The van der Waals surface area contributed by atoms with Gasteiger partial charge in [-0.05, 0) is 25.0 Å². The number of anilines is 1. The van der Waals surface area contributed by atoms with Crippen LogP contribution >= 0.6 is 11.3 Å². The van der Waals surface area contributed by atoms with Crippen LogP contribution in [0, 0.1) is 0 Å². The van der Waals surface area contributed by atoms with E-state index in [0.29, 0.717) is 18.0 Å². The number of pyridine rings is 1. The van der Waals surface area contributed by atoms with Crippen LogP contribution in [0.5, 0.6) is 0 Å². The number of hydrogen-bond donors (Lipinski definition) is 2. The number of carbonyl (C=O) groups excluding carboxylic acids is 1. The van der Waals surface area contributed by atoms with E-state index in [2.05, 4.69) is 15.3 Å². The Labute approximate surface area is 140 Å². The summed E-state index contributed by atoms with van der Waals surface area (Å²) in [7, 11) is 0. The van der Waals surface area contributed by atoms with Gasteiger partial charge in [-0.25, -0.2) is 4.98 Å². The molecule has 0 aliphatic carbocycles. The van der Waals surface area contributed by atoms with Crippen molar-refractivity contribution in [2.24, 2.45) is 0 Å². The van der Waals surface area contributed by atoms with Gasteiger partial charge in [0.2, 0.25) is 5.91 Å². The Morgan fingerprint density at radius 3 is 2.70 bits per heavy atom. The molecule has 2 aromatic rings. The van der Waals surface area contributed by atoms with Gasteiger partial charge < -0.3 is 10.4 Å². The minimum Gasteiger partial charge on any atom is -0.389 e. The van der Waals surface area contributed by atoms with Gasteiger partial charge in [0.05, 0.1) is 17.7 Å². The van der Waals surface area contributed by atoms with Crippen LogP contribution in [0.1, 0.15) is 46.0 Å². The summed E-state index contributed by atoms with van der Waals surface area (Å²) in [4.78, 5) is 20.7. The van der Waals surface area contributed by atoms with Gasteiger partial charge in [0, 0.05) is 23.3 Å². The molecule has 0 radical (unpaired) electrons. The highest BCUT2D eigenvalue weighted by Crippen LogP contribution is 2.27. The van der Waals surface area contributed by atoms with Gasteiger partial charge in [0.25, 0.3) is 0 Å². The lowest BCUT2D eigenvalue weighted by Gasteiger charge is -2.26. The van der Waals surface area contributed by atoms with Crippen molar-refractivity contribution in [2.75, 3.05) is 5.32 Å². The molecule has 0 aliphatic heterocycles. The smallest absolute Gasteiger partial charge is 0.229 e. The summed E-state index contributed by atoms with van der Waals surface area (Å²) >= 11 is 1.37. The van der Waals surface area contributed by atoms with Crippen molar-refractivity contribution in [2.45, 2.75) is 51.6 Å². The minimum absolute atomic E-state index is 0.108. The maximum absolute atomic E-state index is 12.2. The number of rotatable bonds is 8. The topological polar surface area (TPSA) is 75.1 Å². The van der Waals surface area contributed by atoms with Crippen molar-refractivity contribution in [1.29, 1.82) is 0 Å². The second kappa shape index (κ2) is 8.17. The number of thiazole rings is 1. The number of carbonyl (C=O) groups is 1. The summed E-state index contributed by atoms with van der Waals surface area (Å²) in [5, 5.41) is 15.8. The Kier molecular flexibility index (Phi) is 6.24. The molecule has 6 heteroatoms. The lowest BCUT2D eigenvalue weighted by molar-refractivity contribution is -0.121. The van der Waals surface area contributed by atoms with E-state index in [4.69, 9.17) is 0 Å². The molecule has 2 aromatic heterocycles. The molecular formula is C17H23N3O2S. The second-order valence-electron chi connectivity index (χ2n) is 5.73. The number of amides is 1. The van der Waals surface area contributed by atoms with Crippen LogP contribution in [-0.2, 0) is 4.79 Å². The van der Waals surface area contributed by atoms with Crippen molar-refractivity contribution >= 4 is 22.4 Å². The predicted octanol–water partition coefficient (Wildman–Crippen LogP) is 3.87. The van der Waals surface area contributed by atoms with Crippen LogP contribution in [0.2, 0.25) is 0 Å². The Morgan fingerprint density at radius 1 is 1.35 bits per heavy atom. The van der Waals surface area contributed by atoms with E-state index in [1.165, 1.54) is 11.3 Å². The molecule has 2 rings (SSSR count). The maximum atomic E-state index is 12.2. The number of nitrogens with one attached hydrogen (secondary N) is 1. The van der Waals surface area contributed by atoms with Crippen LogP contribution in [0.4, 0.5) is 5.13 Å². The van der Waals surface area contributed by atoms with Gasteiger partial charge in [-0.2, -0.15) is 0 Å². The Balaban J connectivity index is 1.99. The molecule has 0 spiro atoms. The molecule has 0 unspecified atom stereocenters. The molecule has 2 heterocycles. The highest BCUT2D eigenvalue weighted by atomic mass is 32.1. The molecule has 124 valence electrons. The molecule has 0 fully saturated rings. The molecule has 0 aliphatic rings. The fourth-order valence-electron chi connectivity index (χ4n) is 2.67. The number of aliphatic hydroxyl groups is 1. The van der Waals surface area contributed by atoms with Crippen molar-refractivity contribution in [1.82, 2.24) is 9.97 Å². The van der Waals surface area contributed by atoms with Gasteiger partial charge in [-0.3, -0.25) is 9.78 Å². The Bertz CT molecular complexity index is 622. The first-order valence-electron chi connectivity index (χ1n) is 7.94. The molecule has 0 saturated carbocycles. The largest absolute Gasteiger partial charge is 0.389 e. The first-order chi connectivity index (χ1) is 11.1. The molecule has 0 bridgehead atoms. The van der Waals surface area contributed by atoms with Crippen LogP contribution in [-0.4, -0.2) is 26.6 Å². The zero-order valence-corrected chi connectivity index (χ0v) is 14.4. The van der Waals surface area contributed by atoms with Crippen LogP contribution in [0.15, 0.2) is 29.9 Å². The number of hydrogen-bond acceptors (Lipinski definition) is 5. The monoisotopic (exact) mass is 333 g/mol. The molecule has 5 nitrogen and oxygen atoms in total. The van der Waals surface area contributed by atoms with Gasteiger partial charge in [0.1, 0.15) is 0 Å². The van der Waals surface area contributed by atoms with E-state index >= 15 is 0 Å². The Hall–Kier alpha value is -1.79. The summed E-state index contributed by atoms with van der Waals surface area (Å²) in [5.74, 6) is -0.193. The highest BCUT2D eigenvalue weighted by molar-refractivity contribution is 7.14. The summed E-state index contributed by atoms with van der Waals surface area (Å²) in [6.45, 7) is 4.03. The van der Waals surface area contributed by atoms with E-state index in [1.807, 2.05) is 31.4 Å². The summed E-state index contributed by atoms with van der Waals surface area (Å²) in [6, 6.07) is 3.78. The predicted molar refractivity (Wildman–Crippen MR) is 93.4 cm³/mol. The van der Waals surface area contributed by atoms with Crippen LogP contribution in [0.25, 0.3) is 11.3 Å². The van der Waals surface area contributed by atoms with Gasteiger partial charge in [-0.1, -0.05) is 26.7 Å². The summed E-state index contributed by atoms with van der Waals surface area (Å²) < 4.78 is 0. The van der Waals surface area contributed by atoms with E-state index in [-0.39, 0.29) is 12.3 Å². The van der Waals surface area contributed by atoms with Crippen molar-refractivity contribution in [3.05, 3.63) is 29.9 Å². The van der Waals surface area contributed by atoms with E-state index in [9.17, 15) is 9.90 Å². The lowest BCUT2D eigenvalue weighted by atomic mass is 9.89. The zero-order chi connectivity index (χ0) is 16.7. The average molecular weight is 333 g/mol. The third kappa shape index (κ3) is 5.11. The molecule has 23 heavy (non-hydrogen) atoms. The second-order valence-corrected chi connectivity index (χ2v) is 6.59. The number of aromatic nitrogens is 2. The van der Waals surface area contributed by atoms with Crippen molar-refractivity contribution in [3.8, 4) is 11.3 Å². The Morgan fingerprint density at radius 2 is 2.09 bits per heavy atom. The van der Waals surface area contributed by atoms with Gasteiger partial charge >= 0.3 is 0 Å². The number of nitrogens with zero attached hydrogens (tertiary/aromatic N) is 2. The van der Waals surface area contributed by atoms with Crippen molar-refractivity contribution in [3.63, 3.8) is 0 Å². The summed E-state index contributed by atoms with van der Waals surface area (Å²) in [5.41, 5.74) is 0.783. The molecule has 0 aromatic carbocycles. The van der Waals surface area contributed by atoms with Crippen LogP contribution < -0.4 is 5.32 Å². The quantitative estimate of drug-likeness (QED) is 0.769. The lowest BCUT2D eigenvalue weighted by Crippen LogP contribution is -2.33. The zero-order valence-electron chi connectivity index (χ0n) is 13.6. The summed E-state index contributed by atoms with van der Waals surface area (Å²) in [6.07, 6.45) is 6.53. The molecular weight excluding hydrogens is 310 g/mol. The minimum atomic E-state index is -0.920. The first-order valence-corrected chi connectivity index (χ1v) is 8.82. The third-order valence-corrected chi connectivity index (χ3v) is 4.39. The first kappa shape index (κ1) is 17.6. The van der Waals surface area contributed by atoms with Crippen LogP contribution in [0.3, 0.4) is 0 Å². The maximum Gasteiger partial charge on any atom is 0.229 e. The van der Waals surface area contributed by atoms with Gasteiger partial charge in [0.15, 0.2) is 5.13 Å². The standard InChI is InChI=1S/C17H23N3O2S/c1-3-7-17(22,8-4-2)10-15(21)20-16-19-14(12-23-16)13-6-5-9-18-11-13/h5-6,9,11-12,22H,3-4,7-8,10H2,1-2H3,(H,19,20,21). The fourth-order valence-corrected chi connectivity index (χ4v) is 3.41. The molecule has 1 amide bonds. The normalized spacial score (nSPS) is 11.4. The van der Waals surface area contributed by atoms with Crippen molar-refractivity contribution < 1.29 is 9.90 Å². The molecule has 0 atom stereocenters. The fraction of sp³-hybridized carbons (Fsp3) is 0.471. The van der Waals surface area contributed by atoms with E-state index in [1.54, 1.807) is 12.4 Å². The SMILES string of the molecule is CCCC(O)(CCC)CC(=O)Nc1nc(-c2cccnc2)cs1. The van der Waals surface area contributed by atoms with E-state index in [0.717, 1.165) is 24.1 Å². The molecule has 0 saturated heterocycles. The highest BCUT2D eigenvalue weighted by Gasteiger charge is 2.28. The van der Waals surface area contributed by atoms with Gasteiger partial charge in [-0.15, -0.1) is 11.3 Å².